The van der Waals surface area contributed by atoms with Crippen molar-refractivity contribution in [3.63, 3.8) is 0 Å². The molecule has 29 heavy (non-hydrogen) atoms. The standard InChI is InChI=1S/C23H34N4O2/c1-3-5-6-16-29-21-9-8-19(17-22(21)28-4-2)18-27-14-10-20(11-15-27)26-23-24-12-7-13-25-23/h7-9,12-13,17,20H,3-6,10-11,14-16,18H2,1-2H3,(H,24,25,26). The summed E-state index contributed by atoms with van der Waals surface area (Å²) in [6.45, 7) is 8.67. The topological polar surface area (TPSA) is 59.5 Å². The molecule has 0 saturated carbocycles. The van der Waals surface area contributed by atoms with Crippen LogP contribution in [0.1, 0.15) is 51.5 Å². The minimum Gasteiger partial charge on any atom is -0.490 e. The molecule has 0 bridgehead atoms. The number of anilines is 1. The largest absolute Gasteiger partial charge is 0.490 e. The summed E-state index contributed by atoms with van der Waals surface area (Å²) in [6, 6.07) is 8.64. The maximum atomic E-state index is 5.95. The lowest BCUT2D eigenvalue weighted by Gasteiger charge is -2.32. The van der Waals surface area contributed by atoms with Crippen molar-refractivity contribution in [3.05, 3.63) is 42.2 Å². The van der Waals surface area contributed by atoms with Crippen LogP contribution in [0, 0.1) is 0 Å². The van der Waals surface area contributed by atoms with Crippen LogP contribution in [-0.4, -0.2) is 47.2 Å². The Bertz CT molecular complexity index is 718. The maximum Gasteiger partial charge on any atom is 0.222 e. The Morgan fingerprint density at radius 1 is 1.03 bits per heavy atom. The quantitative estimate of drug-likeness (QED) is 0.562. The van der Waals surface area contributed by atoms with Crippen molar-refractivity contribution < 1.29 is 9.47 Å². The zero-order valence-electron chi connectivity index (χ0n) is 17.8. The fraction of sp³-hybridized carbons (Fsp3) is 0.565. The van der Waals surface area contributed by atoms with E-state index in [4.69, 9.17) is 9.47 Å². The van der Waals surface area contributed by atoms with Crippen molar-refractivity contribution in [2.45, 2.75) is 58.5 Å². The smallest absolute Gasteiger partial charge is 0.222 e. The van der Waals surface area contributed by atoms with Gasteiger partial charge in [-0.2, -0.15) is 0 Å². The number of likely N-dealkylation sites (tertiary alicyclic amines) is 1. The molecule has 1 N–H and O–H groups in total. The number of aromatic nitrogens is 2. The summed E-state index contributed by atoms with van der Waals surface area (Å²) in [5, 5.41) is 3.44. The lowest BCUT2D eigenvalue weighted by molar-refractivity contribution is 0.210. The molecule has 0 aliphatic carbocycles. The van der Waals surface area contributed by atoms with Gasteiger partial charge in [-0.15, -0.1) is 0 Å². The van der Waals surface area contributed by atoms with Crippen LogP contribution in [0.15, 0.2) is 36.7 Å². The molecule has 2 aromatic rings. The van der Waals surface area contributed by atoms with E-state index in [9.17, 15) is 0 Å². The molecule has 158 valence electrons. The first kappa shape index (κ1) is 21.4. The summed E-state index contributed by atoms with van der Waals surface area (Å²) in [7, 11) is 0. The van der Waals surface area contributed by atoms with E-state index in [1.165, 1.54) is 18.4 Å². The van der Waals surface area contributed by atoms with E-state index in [1.54, 1.807) is 12.4 Å². The predicted octanol–water partition coefficient (Wildman–Crippen LogP) is 4.52. The third-order valence-corrected chi connectivity index (χ3v) is 5.21. The molecule has 0 unspecified atom stereocenters. The molecule has 2 heterocycles. The van der Waals surface area contributed by atoms with Crippen LogP contribution >= 0.6 is 0 Å². The lowest BCUT2D eigenvalue weighted by Crippen LogP contribution is -2.38. The van der Waals surface area contributed by atoms with E-state index in [0.717, 1.165) is 63.0 Å². The Hall–Kier alpha value is -2.34. The Morgan fingerprint density at radius 3 is 2.55 bits per heavy atom. The predicted molar refractivity (Wildman–Crippen MR) is 117 cm³/mol. The molecule has 1 fully saturated rings. The van der Waals surface area contributed by atoms with Crippen molar-refractivity contribution in [2.24, 2.45) is 0 Å². The first-order valence-corrected chi connectivity index (χ1v) is 10.9. The molecule has 6 heteroatoms. The molecule has 1 saturated heterocycles. The van der Waals surface area contributed by atoms with Crippen LogP contribution < -0.4 is 14.8 Å². The summed E-state index contributed by atoms with van der Waals surface area (Å²) in [5.41, 5.74) is 1.27. The van der Waals surface area contributed by atoms with Crippen molar-refractivity contribution in [3.8, 4) is 11.5 Å². The Kier molecular flexibility index (Phi) is 8.56. The fourth-order valence-corrected chi connectivity index (χ4v) is 3.62. The number of hydrogen-bond acceptors (Lipinski definition) is 6. The van der Waals surface area contributed by atoms with Crippen molar-refractivity contribution in [1.29, 1.82) is 0 Å². The van der Waals surface area contributed by atoms with Gasteiger partial charge in [0.1, 0.15) is 0 Å². The van der Waals surface area contributed by atoms with Crippen molar-refractivity contribution >= 4 is 5.95 Å². The van der Waals surface area contributed by atoms with Gasteiger partial charge in [0.05, 0.1) is 13.2 Å². The fourth-order valence-electron chi connectivity index (χ4n) is 3.62. The average Bonchev–Trinajstić information content (AvgIpc) is 2.75. The number of nitrogens with zero attached hydrogens (tertiary/aromatic N) is 3. The van der Waals surface area contributed by atoms with Crippen LogP contribution in [0.25, 0.3) is 0 Å². The monoisotopic (exact) mass is 398 g/mol. The molecule has 0 spiro atoms. The van der Waals surface area contributed by atoms with Crippen LogP contribution in [0.2, 0.25) is 0 Å². The zero-order valence-corrected chi connectivity index (χ0v) is 17.8. The highest BCUT2D eigenvalue weighted by Crippen LogP contribution is 2.29. The second kappa shape index (κ2) is 11.6. The molecule has 1 aliphatic rings. The molecular weight excluding hydrogens is 364 g/mol. The number of benzene rings is 1. The first-order chi connectivity index (χ1) is 14.3. The van der Waals surface area contributed by atoms with Gasteiger partial charge in [0.2, 0.25) is 5.95 Å². The third kappa shape index (κ3) is 6.89. The van der Waals surface area contributed by atoms with E-state index >= 15 is 0 Å². The summed E-state index contributed by atoms with van der Waals surface area (Å²) in [5.74, 6) is 2.44. The summed E-state index contributed by atoms with van der Waals surface area (Å²) in [6.07, 6.45) is 9.22. The number of unbranched alkanes of at least 4 members (excludes halogenated alkanes) is 2. The maximum absolute atomic E-state index is 5.95. The van der Waals surface area contributed by atoms with E-state index in [1.807, 2.05) is 13.0 Å². The highest BCUT2D eigenvalue weighted by atomic mass is 16.5. The Labute approximate surface area is 174 Å². The Balaban J connectivity index is 1.50. The van der Waals surface area contributed by atoms with Gasteiger partial charge < -0.3 is 14.8 Å². The molecule has 3 rings (SSSR count). The summed E-state index contributed by atoms with van der Waals surface area (Å²) >= 11 is 0. The van der Waals surface area contributed by atoms with Crippen LogP contribution in [0.4, 0.5) is 5.95 Å². The van der Waals surface area contributed by atoms with E-state index in [0.29, 0.717) is 12.6 Å². The number of ether oxygens (including phenoxy) is 2. The molecule has 1 aromatic carbocycles. The minimum absolute atomic E-state index is 0.437. The Morgan fingerprint density at radius 2 is 1.83 bits per heavy atom. The number of piperidine rings is 1. The van der Waals surface area contributed by atoms with Gasteiger partial charge in [-0.25, -0.2) is 9.97 Å². The molecule has 0 amide bonds. The van der Waals surface area contributed by atoms with E-state index < -0.39 is 0 Å². The highest BCUT2D eigenvalue weighted by Gasteiger charge is 2.20. The molecule has 0 radical (unpaired) electrons. The molecule has 1 aliphatic heterocycles. The van der Waals surface area contributed by atoms with Gasteiger partial charge >= 0.3 is 0 Å². The van der Waals surface area contributed by atoms with Gasteiger partial charge in [0.15, 0.2) is 11.5 Å². The normalized spacial score (nSPS) is 15.2. The van der Waals surface area contributed by atoms with Crippen LogP contribution in [-0.2, 0) is 6.54 Å². The van der Waals surface area contributed by atoms with Gasteiger partial charge in [-0.3, -0.25) is 4.90 Å². The minimum atomic E-state index is 0.437. The molecular formula is C23H34N4O2. The molecule has 0 atom stereocenters. The van der Waals surface area contributed by atoms with E-state index in [-0.39, 0.29) is 0 Å². The van der Waals surface area contributed by atoms with E-state index in [2.05, 4.69) is 45.3 Å². The van der Waals surface area contributed by atoms with Gasteiger partial charge in [-0.05, 0) is 49.9 Å². The second-order valence-corrected chi connectivity index (χ2v) is 7.54. The van der Waals surface area contributed by atoms with Gasteiger partial charge in [0, 0.05) is 38.1 Å². The van der Waals surface area contributed by atoms with Gasteiger partial charge in [-0.1, -0.05) is 25.8 Å². The zero-order chi connectivity index (χ0) is 20.3. The van der Waals surface area contributed by atoms with Crippen molar-refractivity contribution in [1.82, 2.24) is 14.9 Å². The third-order valence-electron chi connectivity index (χ3n) is 5.21. The van der Waals surface area contributed by atoms with Crippen LogP contribution in [0.3, 0.4) is 0 Å². The summed E-state index contributed by atoms with van der Waals surface area (Å²) < 4.78 is 11.8. The number of rotatable bonds is 11. The molecule has 1 aromatic heterocycles. The second-order valence-electron chi connectivity index (χ2n) is 7.54. The van der Waals surface area contributed by atoms with Crippen LogP contribution in [0.5, 0.6) is 11.5 Å². The SMILES string of the molecule is CCCCCOc1ccc(CN2CCC(Nc3ncccn3)CC2)cc1OCC. The lowest BCUT2D eigenvalue weighted by atomic mass is 10.0. The number of nitrogens with one attached hydrogen (secondary N) is 1. The van der Waals surface area contributed by atoms with Crippen molar-refractivity contribution in [2.75, 3.05) is 31.6 Å². The van der Waals surface area contributed by atoms with Gasteiger partial charge in [0.25, 0.3) is 0 Å². The molecule has 6 nitrogen and oxygen atoms in total. The average molecular weight is 399 g/mol. The summed E-state index contributed by atoms with van der Waals surface area (Å²) in [4.78, 5) is 11.0. The first-order valence-electron chi connectivity index (χ1n) is 10.9. The number of hydrogen-bond donors (Lipinski definition) is 1. The highest BCUT2D eigenvalue weighted by molar-refractivity contribution is 5.43.